The third kappa shape index (κ3) is 7.03. The maximum atomic E-state index is 12.5. The SMILES string of the molecule is COC(=O)c1ccc([C@H](C)NC(=O)c2cc(C(=O)O)n3nncc3n2)cc1.Cl.NCc1cccc(Nc2c(N)c(=O)c2=O)c1. The summed E-state index contributed by atoms with van der Waals surface area (Å²) in [5.74, 6) is -2.26. The molecule has 0 bridgehead atoms. The fourth-order valence-electron chi connectivity index (χ4n) is 3.93. The summed E-state index contributed by atoms with van der Waals surface area (Å²) < 4.78 is 5.68. The van der Waals surface area contributed by atoms with Crippen LogP contribution < -0.4 is 33.0 Å². The summed E-state index contributed by atoms with van der Waals surface area (Å²) in [6, 6.07) is 14.6. The minimum Gasteiger partial charge on any atom is -0.477 e. The second-order valence-electron chi connectivity index (χ2n) is 9.12. The summed E-state index contributed by atoms with van der Waals surface area (Å²) >= 11 is 0. The average molecular weight is 623 g/mol. The lowest BCUT2D eigenvalue weighted by atomic mass is 10.1. The first kappa shape index (κ1) is 32.8. The molecule has 2 heterocycles. The number of rotatable bonds is 8. The molecule has 228 valence electrons. The number of aromatic nitrogens is 4. The van der Waals surface area contributed by atoms with Crippen molar-refractivity contribution < 1.29 is 24.2 Å². The van der Waals surface area contributed by atoms with Gasteiger partial charge in [0.15, 0.2) is 11.3 Å². The molecule has 0 fully saturated rings. The van der Waals surface area contributed by atoms with E-state index in [9.17, 15) is 29.1 Å². The van der Waals surface area contributed by atoms with Gasteiger partial charge in [0.05, 0.1) is 24.9 Å². The molecular formula is C28H27ClN8O7. The molecule has 15 nitrogen and oxygen atoms in total. The number of hydrogen-bond acceptors (Lipinski definition) is 12. The van der Waals surface area contributed by atoms with Crippen molar-refractivity contribution in [1.29, 1.82) is 0 Å². The van der Waals surface area contributed by atoms with Crippen LogP contribution >= 0.6 is 12.4 Å². The molecule has 0 aliphatic rings. The third-order valence-corrected chi connectivity index (χ3v) is 6.28. The van der Waals surface area contributed by atoms with Crippen molar-refractivity contribution in [2.75, 3.05) is 18.2 Å². The summed E-state index contributed by atoms with van der Waals surface area (Å²) in [5, 5.41) is 22.1. The van der Waals surface area contributed by atoms with Crippen molar-refractivity contribution in [2.24, 2.45) is 5.73 Å². The topological polar surface area (TPSA) is 234 Å². The first-order valence-electron chi connectivity index (χ1n) is 12.6. The van der Waals surface area contributed by atoms with E-state index < -0.39 is 34.7 Å². The summed E-state index contributed by atoms with van der Waals surface area (Å²) in [5.41, 5.74) is 12.5. The van der Waals surface area contributed by atoms with Gasteiger partial charge in [-0.05, 0) is 42.3 Å². The number of carboxylic acids is 1. The zero-order valence-corrected chi connectivity index (χ0v) is 24.1. The Morgan fingerprint density at radius 2 is 1.77 bits per heavy atom. The van der Waals surface area contributed by atoms with E-state index in [0.29, 0.717) is 17.8 Å². The second-order valence-corrected chi connectivity index (χ2v) is 9.12. The Morgan fingerprint density at radius 1 is 1.07 bits per heavy atom. The zero-order chi connectivity index (χ0) is 31.3. The molecule has 0 saturated carbocycles. The highest BCUT2D eigenvalue weighted by Crippen LogP contribution is 2.19. The Bertz CT molecular complexity index is 1900. The van der Waals surface area contributed by atoms with Crippen molar-refractivity contribution in [3.8, 4) is 0 Å². The van der Waals surface area contributed by atoms with Crippen LogP contribution in [-0.2, 0) is 11.3 Å². The van der Waals surface area contributed by atoms with Crippen LogP contribution in [0.3, 0.4) is 0 Å². The monoisotopic (exact) mass is 622 g/mol. The fraction of sp³-hybridized carbons (Fsp3) is 0.143. The Kier molecular flexibility index (Phi) is 10.4. The molecule has 7 N–H and O–H groups in total. The largest absolute Gasteiger partial charge is 0.477 e. The van der Waals surface area contributed by atoms with Crippen LogP contribution in [0.4, 0.5) is 17.1 Å². The average Bonchev–Trinajstić information content (AvgIpc) is 3.51. The van der Waals surface area contributed by atoms with E-state index in [1.165, 1.54) is 13.3 Å². The second kappa shape index (κ2) is 14.0. The fourth-order valence-corrected chi connectivity index (χ4v) is 3.93. The number of carbonyl (C=O) groups excluding carboxylic acids is 2. The molecule has 2 aromatic heterocycles. The maximum absolute atomic E-state index is 12.5. The Labute approximate surface area is 255 Å². The molecule has 44 heavy (non-hydrogen) atoms. The van der Waals surface area contributed by atoms with Gasteiger partial charge in [-0.2, -0.15) is 4.52 Å². The molecule has 3 aromatic carbocycles. The molecule has 1 amide bonds. The number of hydrogen-bond donors (Lipinski definition) is 5. The van der Waals surface area contributed by atoms with Gasteiger partial charge in [0.2, 0.25) is 0 Å². The highest BCUT2D eigenvalue weighted by atomic mass is 35.5. The number of amides is 1. The predicted molar refractivity (Wildman–Crippen MR) is 162 cm³/mol. The summed E-state index contributed by atoms with van der Waals surface area (Å²) in [6.45, 7) is 2.17. The molecule has 0 radical (unpaired) electrons. The van der Waals surface area contributed by atoms with Crippen LogP contribution in [0.25, 0.3) is 5.65 Å². The zero-order valence-electron chi connectivity index (χ0n) is 23.3. The van der Waals surface area contributed by atoms with E-state index in [1.807, 2.05) is 12.1 Å². The number of nitrogens with zero attached hydrogens (tertiary/aromatic N) is 4. The smallest absolute Gasteiger partial charge is 0.354 e. The molecule has 0 saturated heterocycles. The molecular weight excluding hydrogens is 596 g/mol. The number of esters is 1. The van der Waals surface area contributed by atoms with Gasteiger partial charge in [0, 0.05) is 18.3 Å². The summed E-state index contributed by atoms with van der Waals surface area (Å²) in [7, 11) is 1.30. The molecule has 1 atom stereocenters. The van der Waals surface area contributed by atoms with Crippen molar-refractivity contribution in [2.45, 2.75) is 19.5 Å². The Balaban J connectivity index is 0.000000266. The van der Waals surface area contributed by atoms with Gasteiger partial charge in [-0.25, -0.2) is 14.6 Å². The van der Waals surface area contributed by atoms with E-state index >= 15 is 0 Å². The number of anilines is 3. The van der Waals surface area contributed by atoms with Gasteiger partial charge in [-0.1, -0.05) is 29.5 Å². The lowest BCUT2D eigenvalue weighted by Gasteiger charge is -2.14. The number of nitrogens with two attached hydrogens (primary N) is 2. The quantitative estimate of drug-likeness (QED) is 0.122. The number of nitrogen functional groups attached to an aromatic ring is 1. The predicted octanol–water partition coefficient (Wildman–Crippen LogP) is 1.59. The molecule has 16 heteroatoms. The molecule has 0 aliphatic heterocycles. The number of fused-ring (bicyclic) bond motifs is 1. The summed E-state index contributed by atoms with van der Waals surface area (Å²) in [4.78, 5) is 61.4. The first-order valence-corrected chi connectivity index (χ1v) is 12.6. The van der Waals surface area contributed by atoms with Gasteiger partial charge in [0.1, 0.15) is 17.1 Å². The van der Waals surface area contributed by atoms with Gasteiger partial charge in [0.25, 0.3) is 16.8 Å². The van der Waals surface area contributed by atoms with Crippen LogP contribution in [-0.4, -0.2) is 49.9 Å². The van der Waals surface area contributed by atoms with E-state index in [1.54, 1.807) is 43.3 Å². The van der Waals surface area contributed by atoms with E-state index in [2.05, 4.69) is 30.7 Å². The van der Waals surface area contributed by atoms with E-state index in [-0.39, 0.29) is 40.8 Å². The normalized spacial score (nSPS) is 11.1. The number of benzene rings is 2. The maximum Gasteiger partial charge on any atom is 0.354 e. The molecule has 5 aromatic rings. The van der Waals surface area contributed by atoms with Crippen molar-refractivity contribution >= 4 is 53.0 Å². The number of carbonyl (C=O) groups is 3. The van der Waals surface area contributed by atoms with Crippen LogP contribution in [0, 0.1) is 0 Å². The van der Waals surface area contributed by atoms with Gasteiger partial charge in [-0.3, -0.25) is 14.4 Å². The minimum atomic E-state index is -1.26. The number of aromatic carboxylic acids is 1. The molecule has 0 unspecified atom stereocenters. The first-order chi connectivity index (χ1) is 20.5. The number of halogens is 1. The number of carboxylic acid groups (broad SMARTS) is 1. The van der Waals surface area contributed by atoms with Gasteiger partial charge >= 0.3 is 11.9 Å². The van der Waals surface area contributed by atoms with Crippen molar-refractivity contribution in [1.82, 2.24) is 25.1 Å². The van der Waals surface area contributed by atoms with Crippen LogP contribution in [0.1, 0.15) is 55.4 Å². The van der Waals surface area contributed by atoms with E-state index in [0.717, 1.165) is 21.7 Å². The highest BCUT2D eigenvalue weighted by molar-refractivity contribution is 5.96. The van der Waals surface area contributed by atoms with Gasteiger partial charge in [-0.15, -0.1) is 17.5 Å². The lowest BCUT2D eigenvalue weighted by molar-refractivity contribution is 0.0599. The molecule has 0 spiro atoms. The third-order valence-electron chi connectivity index (χ3n) is 6.28. The lowest BCUT2D eigenvalue weighted by Crippen LogP contribution is -2.36. The molecule has 0 aliphatic carbocycles. The van der Waals surface area contributed by atoms with E-state index in [4.69, 9.17) is 11.5 Å². The number of ether oxygens (including phenoxy) is 1. The summed E-state index contributed by atoms with van der Waals surface area (Å²) in [6.07, 6.45) is 1.26. The van der Waals surface area contributed by atoms with Gasteiger partial charge < -0.3 is 31.9 Å². The van der Waals surface area contributed by atoms with Crippen LogP contribution in [0.15, 0.2) is 70.4 Å². The standard InChI is InChI=1S/C17H15N5O5.C11H11N3O2.ClH/c1-9(10-3-5-11(6-4-10)17(26)27-2)19-15(23)12-7-13(16(24)25)22-14(20-12)8-18-21-22;12-5-6-2-1-3-7(4-6)14-9-8(13)10(15)11(9)16;/h3-9H,1-2H3,(H,19,23)(H,24,25);1-4,14H,5,12-13H2;1H/t9-;;/m0../s1. The number of nitrogens with one attached hydrogen (secondary N) is 2. The minimum absolute atomic E-state index is 0. The van der Waals surface area contributed by atoms with Crippen molar-refractivity contribution in [3.05, 3.63) is 109 Å². The van der Waals surface area contributed by atoms with Crippen molar-refractivity contribution in [3.63, 3.8) is 0 Å². The van der Waals surface area contributed by atoms with Crippen LogP contribution in [0.5, 0.6) is 0 Å². The number of methoxy groups -OCH3 is 1. The Hall–Kier alpha value is -5.67. The molecule has 5 rings (SSSR count). The van der Waals surface area contributed by atoms with Crippen LogP contribution in [0.2, 0.25) is 0 Å². The highest BCUT2D eigenvalue weighted by Gasteiger charge is 2.20. The Morgan fingerprint density at radius 3 is 2.39 bits per heavy atom.